The van der Waals surface area contributed by atoms with Gasteiger partial charge in [-0.05, 0) is 37.2 Å². The van der Waals surface area contributed by atoms with Crippen molar-refractivity contribution in [3.8, 4) is 11.3 Å². The zero-order chi connectivity index (χ0) is 21.3. The van der Waals surface area contributed by atoms with E-state index in [0.717, 1.165) is 48.6 Å². The van der Waals surface area contributed by atoms with Gasteiger partial charge in [-0.15, -0.1) is 0 Å². The third-order valence-electron chi connectivity index (χ3n) is 6.75. The molecule has 0 aliphatic carbocycles. The standard InChI is InChI=1S/C24H32N4O2/c1-4-5-9-24(3)10-12-28(13-11-24)22-19(15-29)27-21(16(2)26-22)18-8-6-7-17-14-25-23(30)20(17)18/h6-8,29H,4-5,9-15H2,1-3H3,(H,25,30). The van der Waals surface area contributed by atoms with Crippen molar-refractivity contribution < 1.29 is 9.90 Å². The molecule has 30 heavy (non-hydrogen) atoms. The Morgan fingerprint density at radius 2 is 2.00 bits per heavy atom. The minimum Gasteiger partial charge on any atom is -0.390 e. The first kappa shape index (κ1) is 20.8. The number of unbranched alkanes of at least 4 members (excludes halogenated alkanes) is 1. The number of aryl methyl sites for hydroxylation is 1. The maximum atomic E-state index is 12.4. The third kappa shape index (κ3) is 3.81. The summed E-state index contributed by atoms with van der Waals surface area (Å²) in [7, 11) is 0. The van der Waals surface area contributed by atoms with E-state index in [4.69, 9.17) is 9.97 Å². The van der Waals surface area contributed by atoms with E-state index in [9.17, 15) is 9.90 Å². The second kappa shape index (κ2) is 8.34. The number of aliphatic hydroxyl groups excluding tert-OH is 1. The summed E-state index contributed by atoms with van der Waals surface area (Å²) in [5, 5.41) is 13.0. The van der Waals surface area contributed by atoms with Crippen LogP contribution in [0.15, 0.2) is 18.2 Å². The van der Waals surface area contributed by atoms with Crippen molar-refractivity contribution in [1.82, 2.24) is 15.3 Å². The smallest absolute Gasteiger partial charge is 0.252 e. The number of benzene rings is 1. The molecule has 2 aliphatic heterocycles. The van der Waals surface area contributed by atoms with Crippen LogP contribution in [0, 0.1) is 12.3 Å². The number of aromatic nitrogens is 2. The molecule has 4 rings (SSSR count). The molecule has 0 radical (unpaired) electrons. The van der Waals surface area contributed by atoms with Gasteiger partial charge in [0.05, 0.1) is 23.6 Å². The van der Waals surface area contributed by atoms with Gasteiger partial charge in [-0.1, -0.05) is 44.9 Å². The number of hydrogen-bond acceptors (Lipinski definition) is 5. The molecular formula is C24H32N4O2. The van der Waals surface area contributed by atoms with Crippen molar-refractivity contribution in [2.45, 2.75) is 66.0 Å². The van der Waals surface area contributed by atoms with Gasteiger partial charge in [0, 0.05) is 25.2 Å². The largest absolute Gasteiger partial charge is 0.390 e. The Kier molecular flexibility index (Phi) is 5.78. The lowest BCUT2D eigenvalue weighted by Gasteiger charge is -2.40. The molecule has 0 saturated carbocycles. The summed E-state index contributed by atoms with van der Waals surface area (Å²) in [5.74, 6) is 0.715. The van der Waals surface area contributed by atoms with Crippen molar-refractivity contribution >= 4 is 11.7 Å². The first-order valence-corrected chi connectivity index (χ1v) is 11.1. The molecule has 0 spiro atoms. The minimum absolute atomic E-state index is 0.0705. The zero-order valence-electron chi connectivity index (χ0n) is 18.3. The summed E-state index contributed by atoms with van der Waals surface area (Å²) in [6.45, 7) is 8.83. The summed E-state index contributed by atoms with van der Waals surface area (Å²) >= 11 is 0. The molecule has 0 bridgehead atoms. The summed E-state index contributed by atoms with van der Waals surface area (Å²) < 4.78 is 0. The molecule has 1 amide bonds. The quantitative estimate of drug-likeness (QED) is 0.756. The average Bonchev–Trinajstić information content (AvgIpc) is 3.14. The molecule has 1 fully saturated rings. The van der Waals surface area contributed by atoms with Gasteiger partial charge in [0.25, 0.3) is 5.91 Å². The molecule has 1 aromatic carbocycles. The Morgan fingerprint density at radius 1 is 1.23 bits per heavy atom. The molecule has 2 aliphatic rings. The predicted molar refractivity (Wildman–Crippen MR) is 118 cm³/mol. The minimum atomic E-state index is -0.166. The Hall–Kier alpha value is -2.47. The second-order valence-corrected chi connectivity index (χ2v) is 9.01. The van der Waals surface area contributed by atoms with E-state index in [2.05, 4.69) is 24.1 Å². The van der Waals surface area contributed by atoms with Gasteiger partial charge >= 0.3 is 0 Å². The highest BCUT2D eigenvalue weighted by Gasteiger charge is 2.32. The summed E-state index contributed by atoms with van der Waals surface area (Å²) in [5.41, 5.74) is 4.90. The molecule has 2 aromatic rings. The molecule has 1 aromatic heterocycles. The molecule has 1 saturated heterocycles. The normalized spacial score (nSPS) is 17.7. The van der Waals surface area contributed by atoms with E-state index in [1.807, 2.05) is 25.1 Å². The van der Waals surface area contributed by atoms with Gasteiger partial charge in [-0.3, -0.25) is 4.79 Å². The van der Waals surface area contributed by atoms with Crippen molar-refractivity contribution in [3.63, 3.8) is 0 Å². The molecule has 0 unspecified atom stereocenters. The SMILES string of the molecule is CCCCC1(C)CCN(c2nc(C)c(-c3cccc4c3C(=O)NC4)nc2CO)CC1. The topological polar surface area (TPSA) is 78.4 Å². The number of hydrogen-bond donors (Lipinski definition) is 2. The number of carbonyl (C=O) groups is 1. The van der Waals surface area contributed by atoms with Gasteiger partial charge in [-0.2, -0.15) is 0 Å². The summed E-state index contributed by atoms with van der Waals surface area (Å²) in [4.78, 5) is 24.3. The van der Waals surface area contributed by atoms with Crippen LogP contribution in [-0.2, 0) is 13.2 Å². The van der Waals surface area contributed by atoms with Crippen LogP contribution in [0.3, 0.4) is 0 Å². The molecular weight excluding hydrogens is 376 g/mol. The van der Waals surface area contributed by atoms with E-state index >= 15 is 0 Å². The molecule has 0 atom stereocenters. The van der Waals surface area contributed by atoms with Gasteiger partial charge in [0.15, 0.2) is 5.82 Å². The summed E-state index contributed by atoms with van der Waals surface area (Å²) in [6.07, 6.45) is 6.05. The van der Waals surface area contributed by atoms with Crippen LogP contribution >= 0.6 is 0 Å². The maximum Gasteiger partial charge on any atom is 0.252 e. The molecule has 2 N–H and O–H groups in total. The van der Waals surface area contributed by atoms with Crippen molar-refractivity contribution in [3.05, 3.63) is 40.7 Å². The second-order valence-electron chi connectivity index (χ2n) is 9.01. The monoisotopic (exact) mass is 408 g/mol. The lowest BCUT2D eigenvalue weighted by Crippen LogP contribution is -2.40. The van der Waals surface area contributed by atoms with Crippen molar-refractivity contribution in [2.75, 3.05) is 18.0 Å². The van der Waals surface area contributed by atoms with Crippen LogP contribution in [0.1, 0.15) is 73.3 Å². The molecule has 3 heterocycles. The number of carbonyl (C=O) groups excluding carboxylic acids is 1. The molecule has 6 heteroatoms. The first-order valence-electron chi connectivity index (χ1n) is 11.1. The van der Waals surface area contributed by atoms with E-state index in [0.29, 0.717) is 28.9 Å². The van der Waals surface area contributed by atoms with Crippen LogP contribution in [0.25, 0.3) is 11.3 Å². The number of piperidine rings is 1. The molecule has 160 valence electrons. The van der Waals surface area contributed by atoms with Crippen molar-refractivity contribution in [1.29, 1.82) is 0 Å². The number of nitrogens with one attached hydrogen (secondary N) is 1. The summed E-state index contributed by atoms with van der Waals surface area (Å²) in [6, 6.07) is 5.83. The number of anilines is 1. The fraction of sp³-hybridized carbons (Fsp3) is 0.542. The van der Waals surface area contributed by atoms with Gasteiger partial charge < -0.3 is 15.3 Å². The van der Waals surface area contributed by atoms with Crippen LogP contribution in [0.5, 0.6) is 0 Å². The highest BCUT2D eigenvalue weighted by molar-refractivity contribution is 6.04. The van der Waals surface area contributed by atoms with Crippen LogP contribution in [0.4, 0.5) is 5.82 Å². The third-order valence-corrected chi connectivity index (χ3v) is 6.75. The van der Waals surface area contributed by atoms with Gasteiger partial charge in [0.1, 0.15) is 5.69 Å². The highest BCUT2D eigenvalue weighted by Crippen LogP contribution is 2.38. The van der Waals surface area contributed by atoms with E-state index < -0.39 is 0 Å². The Balaban J connectivity index is 1.64. The number of fused-ring (bicyclic) bond motifs is 1. The maximum absolute atomic E-state index is 12.4. The average molecular weight is 409 g/mol. The lowest BCUT2D eigenvalue weighted by atomic mass is 9.76. The predicted octanol–water partition coefficient (Wildman–Crippen LogP) is 3.98. The van der Waals surface area contributed by atoms with E-state index in [-0.39, 0.29) is 12.5 Å². The van der Waals surface area contributed by atoms with E-state index in [1.165, 1.54) is 19.3 Å². The van der Waals surface area contributed by atoms with Crippen LogP contribution in [-0.4, -0.2) is 34.1 Å². The fourth-order valence-electron chi connectivity index (χ4n) is 4.75. The zero-order valence-corrected chi connectivity index (χ0v) is 18.3. The van der Waals surface area contributed by atoms with Gasteiger partial charge in [-0.25, -0.2) is 9.97 Å². The first-order chi connectivity index (χ1) is 14.5. The number of rotatable bonds is 6. The highest BCUT2D eigenvalue weighted by atomic mass is 16.3. The molecule has 6 nitrogen and oxygen atoms in total. The number of aliphatic hydroxyl groups is 1. The fourth-order valence-corrected chi connectivity index (χ4v) is 4.75. The Labute approximate surface area is 178 Å². The van der Waals surface area contributed by atoms with Gasteiger partial charge in [0.2, 0.25) is 0 Å². The van der Waals surface area contributed by atoms with Crippen LogP contribution in [0.2, 0.25) is 0 Å². The number of amides is 1. The van der Waals surface area contributed by atoms with E-state index in [1.54, 1.807) is 0 Å². The Bertz CT molecular complexity index is 948. The van der Waals surface area contributed by atoms with Crippen LogP contribution < -0.4 is 10.2 Å². The Morgan fingerprint density at radius 3 is 2.70 bits per heavy atom. The number of nitrogens with zero attached hydrogens (tertiary/aromatic N) is 3. The lowest BCUT2D eigenvalue weighted by molar-refractivity contribution is 0.0966. The van der Waals surface area contributed by atoms with Crippen molar-refractivity contribution in [2.24, 2.45) is 5.41 Å².